The Kier molecular flexibility index (Phi) is 6.94. The smallest absolute Gasteiger partial charge is 0.127 e. The summed E-state index contributed by atoms with van der Waals surface area (Å²) in [5, 5.41) is 13.7. The fourth-order valence-corrected chi connectivity index (χ4v) is 3.75. The van der Waals surface area contributed by atoms with E-state index in [1.165, 1.54) is 5.56 Å². The summed E-state index contributed by atoms with van der Waals surface area (Å²) in [6.45, 7) is 13.6. The van der Waals surface area contributed by atoms with Gasteiger partial charge in [0.05, 0.1) is 0 Å². The monoisotopic (exact) mass is 358 g/mol. The Balaban J connectivity index is 0.00000144. The van der Waals surface area contributed by atoms with Gasteiger partial charge in [0, 0.05) is 38.3 Å². The van der Waals surface area contributed by atoms with E-state index in [0.717, 1.165) is 68.0 Å². The molecule has 4 N–H and O–H groups in total. The van der Waals surface area contributed by atoms with E-state index in [9.17, 15) is 5.11 Å². The number of nitrogens with zero attached hydrogens (tertiary/aromatic N) is 1. The minimum atomic E-state index is -0.134. The first-order chi connectivity index (χ1) is 10.4. The number of hydrogen-bond acceptors (Lipinski definition) is 4. The fraction of sp³-hybridized carbons (Fsp3) is 0.667. The molecule has 1 atom stereocenters. The minimum Gasteiger partial charge on any atom is -0.507 e. The van der Waals surface area contributed by atoms with Crippen molar-refractivity contribution < 1.29 is 15.3 Å². The number of rotatable bonds is 2. The van der Waals surface area contributed by atoms with Crippen molar-refractivity contribution in [2.24, 2.45) is 0 Å². The number of phenols is 1. The van der Waals surface area contributed by atoms with Gasteiger partial charge < -0.3 is 20.6 Å². The van der Waals surface area contributed by atoms with Crippen LogP contribution in [0.25, 0.3) is 0 Å². The maximum atomic E-state index is 10.3. The lowest BCUT2D eigenvalue weighted by molar-refractivity contribution is 0.0209. The summed E-state index contributed by atoms with van der Waals surface area (Å²) in [5.74, 6) is 1.45. The molecule has 0 radical (unpaired) electrons. The van der Waals surface area contributed by atoms with Crippen LogP contribution in [0.3, 0.4) is 0 Å². The molecule has 0 bridgehead atoms. The number of nitrogens with one attached hydrogen (secondary N) is 1. The number of hydrogen-bond donors (Lipinski definition) is 2. The topological polar surface area (TPSA) is 76.2 Å². The number of piperazine rings is 1. The van der Waals surface area contributed by atoms with Gasteiger partial charge in [-0.15, -0.1) is 12.4 Å². The molecule has 138 valence electrons. The zero-order valence-corrected chi connectivity index (χ0v) is 16.0. The highest BCUT2D eigenvalue weighted by Crippen LogP contribution is 2.43. The summed E-state index contributed by atoms with van der Waals surface area (Å²) in [4.78, 5) is 2.50. The minimum absolute atomic E-state index is 0. The van der Waals surface area contributed by atoms with E-state index < -0.39 is 0 Å². The Morgan fingerprint density at radius 2 is 1.75 bits per heavy atom. The zero-order valence-electron chi connectivity index (χ0n) is 15.2. The molecule has 0 saturated carbocycles. The number of halogens is 1. The number of ether oxygens (including phenoxy) is 1. The van der Waals surface area contributed by atoms with E-state index >= 15 is 0 Å². The van der Waals surface area contributed by atoms with Crippen LogP contribution in [-0.2, 0) is 6.42 Å². The maximum Gasteiger partial charge on any atom is 0.127 e. The first-order valence-corrected chi connectivity index (χ1v) is 8.35. The van der Waals surface area contributed by atoms with Gasteiger partial charge in [0.25, 0.3) is 0 Å². The number of fused-ring (bicyclic) bond motifs is 1. The number of aromatic hydroxyl groups is 1. The first-order valence-electron chi connectivity index (χ1n) is 8.35. The van der Waals surface area contributed by atoms with Crippen molar-refractivity contribution >= 4 is 12.4 Å². The van der Waals surface area contributed by atoms with Crippen molar-refractivity contribution in [3.63, 3.8) is 0 Å². The van der Waals surface area contributed by atoms with Gasteiger partial charge in [-0.2, -0.15) is 0 Å². The SMILES string of the molecule is Cc1c(C)c2c(c(C)c1O)CCC(C)(CN1CCNCC1)O2.Cl.O. The largest absolute Gasteiger partial charge is 0.507 e. The standard InChI is InChI=1S/C18H28N2O2.ClH.H2O/c1-12-13(2)17-15(14(3)16(12)21)5-6-18(4,22-17)11-20-9-7-19-8-10-20;;/h19,21H,5-11H2,1-4H3;1H;1H2. The van der Waals surface area contributed by atoms with E-state index in [0.29, 0.717) is 5.75 Å². The molecular formula is C18H31ClN2O3. The normalized spacial score (nSPS) is 23.5. The van der Waals surface area contributed by atoms with E-state index in [2.05, 4.69) is 24.1 Å². The fourth-order valence-electron chi connectivity index (χ4n) is 3.75. The van der Waals surface area contributed by atoms with Gasteiger partial charge in [-0.05, 0) is 57.2 Å². The van der Waals surface area contributed by atoms with Gasteiger partial charge in [0.2, 0.25) is 0 Å². The van der Waals surface area contributed by atoms with E-state index in [4.69, 9.17) is 4.74 Å². The molecular weight excluding hydrogens is 328 g/mol. The molecule has 24 heavy (non-hydrogen) atoms. The quantitative estimate of drug-likeness (QED) is 0.846. The molecule has 5 nitrogen and oxygen atoms in total. The van der Waals surface area contributed by atoms with Crippen LogP contribution in [0.1, 0.15) is 35.6 Å². The Bertz CT molecular complexity index is 588. The van der Waals surface area contributed by atoms with Gasteiger partial charge in [-0.25, -0.2) is 0 Å². The van der Waals surface area contributed by atoms with E-state index in [1.54, 1.807) is 0 Å². The summed E-state index contributed by atoms with van der Waals surface area (Å²) in [5.41, 5.74) is 4.08. The zero-order chi connectivity index (χ0) is 15.9. The average Bonchev–Trinajstić information content (AvgIpc) is 2.51. The predicted octanol–water partition coefficient (Wildman–Crippen LogP) is 1.90. The molecule has 0 aliphatic carbocycles. The van der Waals surface area contributed by atoms with Gasteiger partial charge in [0.1, 0.15) is 17.1 Å². The van der Waals surface area contributed by atoms with Crippen LogP contribution in [0.4, 0.5) is 0 Å². The molecule has 2 aliphatic heterocycles. The Morgan fingerprint density at radius 3 is 2.38 bits per heavy atom. The molecule has 0 aromatic heterocycles. The summed E-state index contributed by atoms with van der Waals surface area (Å²) < 4.78 is 6.50. The third kappa shape index (κ3) is 3.80. The van der Waals surface area contributed by atoms with Crippen molar-refractivity contribution in [1.29, 1.82) is 0 Å². The highest BCUT2D eigenvalue weighted by Gasteiger charge is 2.36. The molecule has 1 aromatic rings. The van der Waals surface area contributed by atoms with Crippen LogP contribution in [0.2, 0.25) is 0 Å². The van der Waals surface area contributed by atoms with Crippen LogP contribution >= 0.6 is 12.4 Å². The van der Waals surface area contributed by atoms with Crippen LogP contribution in [0.15, 0.2) is 0 Å². The Hall–Kier alpha value is -1.01. The summed E-state index contributed by atoms with van der Waals surface area (Å²) in [6.07, 6.45) is 1.99. The van der Waals surface area contributed by atoms with Crippen molar-refractivity contribution in [3.8, 4) is 11.5 Å². The van der Waals surface area contributed by atoms with E-state index in [1.807, 2.05) is 13.8 Å². The third-order valence-electron chi connectivity index (χ3n) is 5.36. The van der Waals surface area contributed by atoms with Gasteiger partial charge in [-0.3, -0.25) is 4.90 Å². The Labute approximate surface area is 151 Å². The average molecular weight is 359 g/mol. The van der Waals surface area contributed by atoms with Gasteiger partial charge in [-0.1, -0.05) is 0 Å². The van der Waals surface area contributed by atoms with Crippen molar-refractivity contribution in [1.82, 2.24) is 10.2 Å². The highest BCUT2D eigenvalue weighted by molar-refractivity contribution is 5.85. The first kappa shape index (κ1) is 21.0. The lowest BCUT2D eigenvalue weighted by atomic mass is 9.87. The molecule has 2 aliphatic rings. The Morgan fingerprint density at radius 1 is 1.12 bits per heavy atom. The second-order valence-electron chi connectivity index (χ2n) is 7.11. The molecule has 2 heterocycles. The predicted molar refractivity (Wildman–Crippen MR) is 99.8 cm³/mol. The number of benzene rings is 1. The van der Waals surface area contributed by atoms with E-state index in [-0.39, 0.29) is 23.5 Å². The summed E-state index contributed by atoms with van der Waals surface area (Å²) >= 11 is 0. The molecule has 0 amide bonds. The number of phenolic OH excluding ortho intramolecular Hbond substituents is 1. The second kappa shape index (κ2) is 7.91. The molecule has 6 heteroatoms. The van der Waals surface area contributed by atoms with Crippen LogP contribution < -0.4 is 10.1 Å². The van der Waals surface area contributed by atoms with Crippen molar-refractivity contribution in [2.45, 2.75) is 46.1 Å². The van der Waals surface area contributed by atoms with Crippen molar-refractivity contribution in [3.05, 3.63) is 22.3 Å². The summed E-state index contributed by atoms with van der Waals surface area (Å²) in [6, 6.07) is 0. The molecule has 3 rings (SSSR count). The molecule has 1 saturated heterocycles. The van der Waals surface area contributed by atoms with Crippen LogP contribution in [0, 0.1) is 20.8 Å². The molecule has 1 fully saturated rings. The van der Waals surface area contributed by atoms with Crippen LogP contribution in [-0.4, -0.2) is 53.8 Å². The maximum absolute atomic E-state index is 10.3. The van der Waals surface area contributed by atoms with Gasteiger partial charge in [0.15, 0.2) is 0 Å². The van der Waals surface area contributed by atoms with Crippen molar-refractivity contribution in [2.75, 3.05) is 32.7 Å². The lowest BCUT2D eigenvalue weighted by Crippen LogP contribution is -2.52. The summed E-state index contributed by atoms with van der Waals surface area (Å²) in [7, 11) is 0. The molecule has 1 unspecified atom stereocenters. The van der Waals surface area contributed by atoms with Crippen LogP contribution in [0.5, 0.6) is 11.5 Å². The molecule has 1 aromatic carbocycles. The highest BCUT2D eigenvalue weighted by atomic mass is 35.5. The van der Waals surface area contributed by atoms with Gasteiger partial charge >= 0.3 is 0 Å². The lowest BCUT2D eigenvalue weighted by Gasteiger charge is -2.41. The molecule has 0 spiro atoms. The third-order valence-corrected chi connectivity index (χ3v) is 5.36. The second-order valence-corrected chi connectivity index (χ2v) is 7.11.